The molecule has 2 bridgehead atoms. The second-order valence-electron chi connectivity index (χ2n) is 8.70. The predicted octanol–water partition coefficient (Wildman–Crippen LogP) is 4.47. The van der Waals surface area contributed by atoms with Crippen molar-refractivity contribution in [2.45, 2.75) is 50.8 Å². The molecule has 0 aliphatic carbocycles. The average Bonchev–Trinajstić information content (AvgIpc) is 3.06. The van der Waals surface area contributed by atoms with Crippen LogP contribution in [0.5, 0.6) is 11.5 Å². The van der Waals surface area contributed by atoms with Crippen molar-refractivity contribution in [1.29, 1.82) is 5.26 Å². The number of ether oxygens (including phenoxy) is 2. The molecule has 2 aromatic carbocycles. The number of aromatic hydroxyl groups is 1. The lowest BCUT2D eigenvalue weighted by atomic mass is 10.0. The van der Waals surface area contributed by atoms with Gasteiger partial charge in [0.15, 0.2) is 0 Å². The van der Waals surface area contributed by atoms with Crippen LogP contribution in [0.15, 0.2) is 48.5 Å². The molecule has 174 valence electrons. The third kappa shape index (κ3) is 5.58. The highest BCUT2D eigenvalue weighted by Crippen LogP contribution is 2.32. The number of amides is 1. The number of carbonyl (C=O) groups excluding carboxylic acids is 1. The number of fused-ring (bicyclic) bond motifs is 2. The van der Waals surface area contributed by atoms with Crippen LogP contribution in [0.1, 0.15) is 49.8 Å². The molecule has 3 unspecified atom stereocenters. The predicted molar refractivity (Wildman–Crippen MR) is 124 cm³/mol. The normalized spacial score (nSPS) is 20.8. The Hall–Kier alpha value is -3.24. The minimum Gasteiger partial charge on any atom is -0.508 e. The molecule has 7 nitrogen and oxygen atoms in total. The molecule has 2 heterocycles. The van der Waals surface area contributed by atoms with Crippen molar-refractivity contribution in [1.82, 2.24) is 9.80 Å². The van der Waals surface area contributed by atoms with E-state index >= 15 is 0 Å². The van der Waals surface area contributed by atoms with Crippen LogP contribution in [-0.4, -0.2) is 59.3 Å². The van der Waals surface area contributed by atoms with Crippen molar-refractivity contribution >= 4 is 6.09 Å². The SMILES string of the molecule is CCOC(=O)N1CC2CCC(C1)N2CCCC(Oc1ccc(O)cc1)c1ccc(C#N)cc1. The zero-order valence-corrected chi connectivity index (χ0v) is 19.0. The molecule has 0 aromatic heterocycles. The lowest BCUT2D eigenvalue weighted by Gasteiger charge is -2.40. The number of carbonyl (C=O) groups is 1. The van der Waals surface area contributed by atoms with E-state index in [1.165, 1.54) is 0 Å². The molecule has 2 aliphatic heterocycles. The number of piperazine rings is 1. The first-order chi connectivity index (χ1) is 16.1. The summed E-state index contributed by atoms with van der Waals surface area (Å²) in [5, 5.41) is 18.7. The summed E-state index contributed by atoms with van der Waals surface area (Å²) in [7, 11) is 0. The molecule has 0 saturated carbocycles. The number of likely N-dealkylation sites (tertiary alicyclic amines) is 1. The molecule has 33 heavy (non-hydrogen) atoms. The van der Waals surface area contributed by atoms with Crippen molar-refractivity contribution < 1.29 is 19.4 Å². The van der Waals surface area contributed by atoms with Gasteiger partial charge in [-0.25, -0.2) is 4.79 Å². The third-order valence-electron chi connectivity index (χ3n) is 6.57. The van der Waals surface area contributed by atoms with Gasteiger partial charge in [-0.1, -0.05) is 12.1 Å². The van der Waals surface area contributed by atoms with Crippen LogP contribution < -0.4 is 4.74 Å². The lowest BCUT2D eigenvalue weighted by molar-refractivity contribution is 0.0453. The van der Waals surface area contributed by atoms with Gasteiger partial charge < -0.3 is 19.5 Å². The molecule has 0 radical (unpaired) electrons. The number of phenols is 1. The Morgan fingerprint density at radius 2 is 1.79 bits per heavy atom. The number of rotatable bonds is 8. The van der Waals surface area contributed by atoms with Crippen LogP contribution >= 0.6 is 0 Å². The Balaban J connectivity index is 1.38. The molecule has 2 aromatic rings. The summed E-state index contributed by atoms with van der Waals surface area (Å²) >= 11 is 0. The Kier molecular flexibility index (Phi) is 7.36. The number of nitrogens with zero attached hydrogens (tertiary/aromatic N) is 3. The van der Waals surface area contributed by atoms with E-state index in [-0.39, 0.29) is 17.9 Å². The van der Waals surface area contributed by atoms with E-state index in [4.69, 9.17) is 14.7 Å². The van der Waals surface area contributed by atoms with Crippen molar-refractivity contribution in [3.05, 3.63) is 59.7 Å². The van der Waals surface area contributed by atoms with Gasteiger partial charge in [0.05, 0.1) is 18.2 Å². The maximum atomic E-state index is 12.2. The molecule has 4 rings (SSSR count). The van der Waals surface area contributed by atoms with E-state index in [2.05, 4.69) is 11.0 Å². The number of nitriles is 1. The van der Waals surface area contributed by atoms with Crippen LogP contribution in [0, 0.1) is 11.3 Å². The Bertz CT molecular complexity index is 957. The average molecular weight is 450 g/mol. The lowest BCUT2D eigenvalue weighted by Crippen LogP contribution is -2.55. The van der Waals surface area contributed by atoms with Crippen LogP contribution in [0.25, 0.3) is 0 Å². The van der Waals surface area contributed by atoms with Gasteiger partial charge in [0.25, 0.3) is 0 Å². The molecular formula is C26H31N3O4. The van der Waals surface area contributed by atoms with Gasteiger partial charge in [0, 0.05) is 25.2 Å². The first-order valence-corrected chi connectivity index (χ1v) is 11.7. The summed E-state index contributed by atoms with van der Waals surface area (Å²) < 4.78 is 11.5. The second-order valence-corrected chi connectivity index (χ2v) is 8.70. The first-order valence-electron chi connectivity index (χ1n) is 11.7. The van der Waals surface area contributed by atoms with E-state index in [1.54, 1.807) is 24.3 Å². The fourth-order valence-corrected chi connectivity index (χ4v) is 4.93. The van der Waals surface area contributed by atoms with Gasteiger partial charge in [-0.15, -0.1) is 0 Å². The highest BCUT2D eigenvalue weighted by Gasteiger charge is 2.41. The smallest absolute Gasteiger partial charge is 0.409 e. The zero-order valence-electron chi connectivity index (χ0n) is 19.0. The topological polar surface area (TPSA) is 86.0 Å². The molecule has 2 saturated heterocycles. The van der Waals surface area contributed by atoms with Gasteiger partial charge in [-0.05, 0) is 81.1 Å². The van der Waals surface area contributed by atoms with Gasteiger partial charge in [-0.3, -0.25) is 4.90 Å². The van der Waals surface area contributed by atoms with E-state index in [9.17, 15) is 9.90 Å². The number of hydrogen-bond acceptors (Lipinski definition) is 6. The largest absolute Gasteiger partial charge is 0.508 e. The molecule has 1 amide bonds. The van der Waals surface area contributed by atoms with Crippen molar-refractivity contribution in [2.24, 2.45) is 0 Å². The molecule has 2 fully saturated rings. The Morgan fingerprint density at radius 3 is 2.39 bits per heavy atom. The Labute approximate surface area is 195 Å². The second kappa shape index (κ2) is 10.6. The third-order valence-corrected chi connectivity index (χ3v) is 6.57. The standard InChI is InChI=1S/C26H31N3O4/c1-2-32-26(31)28-17-21-9-10-22(18-28)29(21)15-3-4-25(20-7-5-19(16-27)6-8-20)33-24-13-11-23(30)12-14-24/h5-8,11-14,21-22,25,30H,2-4,9-10,15,17-18H2,1H3. The quantitative estimate of drug-likeness (QED) is 0.640. The number of benzene rings is 2. The maximum absolute atomic E-state index is 12.2. The maximum Gasteiger partial charge on any atom is 0.409 e. The summed E-state index contributed by atoms with van der Waals surface area (Å²) in [6.07, 6.45) is 3.66. The van der Waals surface area contributed by atoms with Crippen molar-refractivity contribution in [2.75, 3.05) is 26.2 Å². The van der Waals surface area contributed by atoms with E-state index < -0.39 is 0 Å². The van der Waals surface area contributed by atoms with Crippen LogP contribution in [0.2, 0.25) is 0 Å². The fourth-order valence-electron chi connectivity index (χ4n) is 4.93. The van der Waals surface area contributed by atoms with Gasteiger partial charge in [0.2, 0.25) is 0 Å². The summed E-state index contributed by atoms with van der Waals surface area (Å²) in [4.78, 5) is 16.6. The first kappa shape index (κ1) is 22.9. The highest BCUT2D eigenvalue weighted by molar-refractivity contribution is 5.68. The van der Waals surface area contributed by atoms with Gasteiger partial charge >= 0.3 is 6.09 Å². The van der Waals surface area contributed by atoms with Gasteiger partial charge in [0.1, 0.15) is 17.6 Å². The Morgan fingerprint density at radius 1 is 1.12 bits per heavy atom. The highest BCUT2D eigenvalue weighted by atomic mass is 16.6. The molecular weight excluding hydrogens is 418 g/mol. The minimum absolute atomic E-state index is 0.152. The van der Waals surface area contributed by atoms with E-state index in [0.29, 0.717) is 30.0 Å². The number of hydrogen-bond donors (Lipinski definition) is 1. The molecule has 0 spiro atoms. The fraction of sp³-hybridized carbons (Fsp3) is 0.462. The van der Waals surface area contributed by atoms with E-state index in [0.717, 1.165) is 50.9 Å². The molecule has 3 atom stereocenters. The summed E-state index contributed by atoms with van der Waals surface area (Å²) in [5.41, 5.74) is 1.65. The van der Waals surface area contributed by atoms with Crippen LogP contribution in [0.3, 0.4) is 0 Å². The zero-order chi connectivity index (χ0) is 23.2. The summed E-state index contributed by atoms with van der Waals surface area (Å²) in [6.45, 7) is 4.67. The molecule has 2 aliphatic rings. The van der Waals surface area contributed by atoms with Crippen molar-refractivity contribution in [3.8, 4) is 17.6 Å². The molecule has 1 N–H and O–H groups in total. The van der Waals surface area contributed by atoms with Gasteiger partial charge in [-0.2, -0.15) is 5.26 Å². The van der Waals surface area contributed by atoms with Crippen LogP contribution in [-0.2, 0) is 4.74 Å². The summed E-state index contributed by atoms with van der Waals surface area (Å²) in [5.74, 6) is 0.903. The monoisotopic (exact) mass is 449 g/mol. The summed E-state index contributed by atoms with van der Waals surface area (Å²) in [6, 6.07) is 17.2. The number of phenolic OH excluding ortho intramolecular Hbond substituents is 1. The molecule has 7 heteroatoms. The van der Waals surface area contributed by atoms with Crippen molar-refractivity contribution in [3.63, 3.8) is 0 Å². The van der Waals surface area contributed by atoms with E-state index in [1.807, 2.05) is 36.1 Å². The minimum atomic E-state index is -0.197. The van der Waals surface area contributed by atoms with Crippen LogP contribution in [0.4, 0.5) is 4.79 Å².